The molecule has 6 aliphatic heterocycles. The standard InChI is InChI=1S/C37H40O9S2.C26H28O3S.C11H12O6S.C9H18O9S2.C2H4O2/c38-48(39,40)46-32-24-44-37(31-19-11-4-12-20-31)45-33(32)26-47-27-34(42-22-29-15-7-2-8-16-29)36(43-23-30-17-9-3-10-18-30)35(47)25-41-21-28-13-5-1-6-14-28;1-4-10-21(11-5-1)16-27-19-25-26(29-18-23-14-8-3-9-15-23)24(20-30-25)28-17-22-12-6-2-7-13-22;12-18(13)15-7-9-10(17-18)6-14-11(16-9)8-4-2-1-3-5-8;10-1-7(18-20(15,16)17)5(12)3-19-4-6(13)9(14)8(19)2-11;1-2(3)4/h1-20,32-37H,21-27H2;1-15,24-26H,16-20H2;1-5,9-11H,6-7H2;5-14H,1-4H2;1H3,(H,3,4)/p+2/t32-,33+,34+,35+,36-,37?,47?;24-,25-,26+;9-,10+,11?;5-,6-,7-,8-,9+,19?;/m0111./s1. The molecule has 0 saturated carbocycles. The van der Waals surface area contributed by atoms with Crippen LogP contribution in [0.1, 0.15) is 64.0 Å². The van der Waals surface area contributed by atoms with Crippen LogP contribution in [0.3, 0.4) is 0 Å². The summed E-state index contributed by atoms with van der Waals surface area (Å²) in [5, 5.41) is 54.0. The fraction of sp³-hybridized carbons (Fsp3) is 0.424. The minimum atomic E-state index is -4.82. The Labute approximate surface area is 710 Å². The van der Waals surface area contributed by atoms with Crippen LogP contribution in [0.25, 0.3) is 0 Å². The largest absolute Gasteiger partial charge is 0.481 e. The Hall–Kier alpha value is -6.71. The molecule has 0 aromatic heterocycles. The normalized spacial score (nSPS) is 26.8. The van der Waals surface area contributed by atoms with Gasteiger partial charge in [-0.25, -0.2) is 16.7 Å². The number of hydrogen-bond donors (Lipinski definition) is 8. The first-order valence-corrected chi connectivity index (χ1v) is 47.0. The maximum absolute atomic E-state index is 11.9. The van der Waals surface area contributed by atoms with E-state index in [0.717, 1.165) is 40.5 Å². The van der Waals surface area contributed by atoms with E-state index in [1.165, 1.54) is 16.7 Å². The lowest BCUT2D eigenvalue weighted by Gasteiger charge is -2.37. The van der Waals surface area contributed by atoms with Gasteiger partial charge in [-0.1, -0.05) is 243 Å². The minimum Gasteiger partial charge on any atom is -0.481 e. The van der Waals surface area contributed by atoms with Crippen molar-refractivity contribution in [3.63, 3.8) is 0 Å². The molecule has 652 valence electrons. The highest BCUT2D eigenvalue weighted by Crippen LogP contribution is 2.38. The third-order valence-electron chi connectivity index (χ3n) is 19.4. The number of rotatable bonds is 33. The molecule has 0 aliphatic carbocycles. The molecule has 6 heterocycles. The van der Waals surface area contributed by atoms with E-state index >= 15 is 0 Å². The van der Waals surface area contributed by atoms with Gasteiger partial charge in [-0.2, -0.15) is 37.0 Å². The summed E-state index contributed by atoms with van der Waals surface area (Å²) in [4.78, 5) is 9.00. The SMILES string of the molecule is CC(=O)O.O=S(=O)(O)O[C@H](CO)[C@H](O)C[S+]1C[C@@H](O)[C@H](O)[C@H]1CO.O=S(=O)(O)O[C@H]1COC(c2ccccc2)O[C@@H]1C[S+]1C[C@@H](OCc2ccccc2)[C@H](OCc2ccccc2)[C@H]1COCc1ccccc1.O=S1(=O)OC[C@H]2OC(c3ccccc3)OC[C@@H]2O1.c1ccc(COC[C@H]2SC[C@@H](OCc3ccccc3)[C@@H]2OCc2ccccc2)cc1. The molecule has 19 atom stereocenters. The molecule has 4 unspecified atom stereocenters. The van der Waals surface area contributed by atoms with E-state index in [2.05, 4.69) is 44.8 Å². The average molecular weight is 1780 g/mol. The molecule has 120 heavy (non-hydrogen) atoms. The van der Waals surface area contributed by atoms with Gasteiger partial charge in [0.1, 0.15) is 84.1 Å². The number of thioether (sulfide) groups is 1. The summed E-state index contributed by atoms with van der Waals surface area (Å²) in [7, 11) is -14.7. The molecule has 6 fully saturated rings. The molecule has 8 aromatic rings. The number of carboxylic acid groups (broad SMARTS) is 1. The third-order valence-corrected chi connectivity index (χ3v) is 28.2. The Kier molecular flexibility index (Phi) is 39.1. The van der Waals surface area contributed by atoms with Crippen molar-refractivity contribution in [2.24, 2.45) is 0 Å². The first-order valence-electron chi connectivity index (χ1n) is 38.6. The van der Waals surface area contributed by atoms with Crippen molar-refractivity contribution >= 4 is 70.7 Å². The third kappa shape index (κ3) is 32.1. The van der Waals surface area contributed by atoms with Crippen LogP contribution in [-0.2, 0) is 162 Å². The zero-order valence-electron chi connectivity index (χ0n) is 65.7. The van der Waals surface area contributed by atoms with Crippen LogP contribution < -0.4 is 0 Å². The number of carboxylic acids is 1. The van der Waals surface area contributed by atoms with Crippen LogP contribution in [0.15, 0.2) is 243 Å². The van der Waals surface area contributed by atoms with Crippen LogP contribution >= 0.6 is 11.8 Å². The molecule has 35 heteroatoms. The zero-order valence-corrected chi connectivity index (χ0v) is 70.6. The molecule has 14 rings (SSSR count). The lowest BCUT2D eigenvalue weighted by Crippen LogP contribution is -2.49. The van der Waals surface area contributed by atoms with Gasteiger partial charge in [0.05, 0.1) is 103 Å². The van der Waals surface area contributed by atoms with Gasteiger partial charge < -0.3 is 78.0 Å². The van der Waals surface area contributed by atoms with E-state index in [0.29, 0.717) is 64.4 Å². The minimum absolute atomic E-state index is 0.00897. The smallest absolute Gasteiger partial charge is 0.400 e. The van der Waals surface area contributed by atoms with Crippen LogP contribution in [-0.4, -0.2) is 235 Å². The second-order valence-corrected chi connectivity index (χ2v) is 37.7. The van der Waals surface area contributed by atoms with Crippen molar-refractivity contribution in [2.45, 2.75) is 148 Å². The number of carbonyl (C=O) groups is 1. The number of aliphatic carboxylic acids is 1. The second-order valence-electron chi connectivity index (χ2n) is 28.3. The molecule has 6 aliphatic rings. The monoisotopic (exact) mass is 1780 g/mol. The van der Waals surface area contributed by atoms with Gasteiger partial charge in [0.15, 0.2) is 23.1 Å². The quantitative estimate of drug-likeness (QED) is 0.0142. The summed E-state index contributed by atoms with van der Waals surface area (Å²) in [6.45, 7) is 4.04. The maximum Gasteiger partial charge on any atom is 0.400 e. The van der Waals surface area contributed by atoms with Gasteiger partial charge in [0, 0.05) is 45.6 Å². The Balaban J connectivity index is 0.000000179. The first kappa shape index (κ1) is 95.5. The Morgan fingerprint density at radius 3 is 1.42 bits per heavy atom. The molecule has 0 amide bonds. The van der Waals surface area contributed by atoms with Crippen molar-refractivity contribution < 1.29 is 134 Å². The molecule has 6 saturated heterocycles. The molecule has 0 spiro atoms. The topological polar surface area (TPSA) is 411 Å². The molecule has 29 nitrogen and oxygen atoms in total. The molecule has 0 bridgehead atoms. The van der Waals surface area contributed by atoms with Gasteiger partial charge in [0.2, 0.25) is 0 Å². The Morgan fingerprint density at radius 1 is 0.517 bits per heavy atom. The van der Waals surface area contributed by atoms with Gasteiger partial charge in [-0.3, -0.25) is 13.9 Å². The van der Waals surface area contributed by atoms with Gasteiger partial charge >= 0.3 is 31.2 Å². The van der Waals surface area contributed by atoms with Crippen molar-refractivity contribution in [1.29, 1.82) is 0 Å². The number of ether oxygens (including phenoxy) is 10. The van der Waals surface area contributed by atoms with Crippen LogP contribution in [0, 0.1) is 0 Å². The van der Waals surface area contributed by atoms with Gasteiger partial charge in [-0.15, -0.1) is 0 Å². The zero-order chi connectivity index (χ0) is 85.3. The number of hydrogen-bond acceptors (Lipinski definition) is 27. The molecular weight excluding hydrogens is 1680 g/mol. The average Bonchev–Trinajstić information content (AvgIpc) is 1.58. The van der Waals surface area contributed by atoms with Crippen molar-refractivity contribution in [1.82, 2.24) is 0 Å². The summed E-state index contributed by atoms with van der Waals surface area (Å²) >= 11 is 1.89. The van der Waals surface area contributed by atoms with Crippen molar-refractivity contribution in [3.05, 3.63) is 287 Å². The molecular formula is C85H104O29S6+2. The molecule has 8 N–H and O–H groups in total. The summed E-state index contributed by atoms with van der Waals surface area (Å²) in [5.74, 6) is 1.24. The van der Waals surface area contributed by atoms with E-state index in [-0.39, 0.29) is 66.2 Å². The second kappa shape index (κ2) is 49.1. The van der Waals surface area contributed by atoms with Crippen LogP contribution in [0.2, 0.25) is 0 Å². The highest BCUT2D eigenvalue weighted by Gasteiger charge is 2.56. The Bertz CT molecular complexity index is 4580. The first-order chi connectivity index (χ1) is 57.9. The Morgan fingerprint density at radius 2 is 0.950 bits per heavy atom. The summed E-state index contributed by atoms with van der Waals surface area (Å²) in [5.41, 5.74) is 8.42. The van der Waals surface area contributed by atoms with E-state index in [1.54, 1.807) is 0 Å². The lowest BCUT2D eigenvalue weighted by atomic mass is 10.1. The summed E-state index contributed by atoms with van der Waals surface area (Å²) < 4.78 is 166. The molecule has 0 radical (unpaired) electrons. The highest BCUT2D eigenvalue weighted by atomic mass is 32.3. The lowest BCUT2D eigenvalue weighted by molar-refractivity contribution is -0.264. The van der Waals surface area contributed by atoms with E-state index in [9.17, 15) is 45.1 Å². The highest BCUT2D eigenvalue weighted by molar-refractivity contribution is 8.00. The maximum atomic E-state index is 11.9. The fourth-order valence-corrected chi connectivity index (χ4v) is 22.3. The van der Waals surface area contributed by atoms with E-state index in [4.69, 9.17) is 80.4 Å². The van der Waals surface area contributed by atoms with E-state index < -0.39 is 139 Å². The predicted octanol–water partition coefficient (Wildman–Crippen LogP) is 8.26. The molecule has 8 aromatic carbocycles. The number of aliphatic hydroxyl groups is 5. The van der Waals surface area contributed by atoms with Gasteiger partial charge in [0.25, 0.3) is 5.97 Å². The summed E-state index contributed by atoms with van der Waals surface area (Å²) in [6, 6.07) is 79.9. The van der Waals surface area contributed by atoms with E-state index in [1.807, 2.05) is 218 Å². The summed E-state index contributed by atoms with van der Waals surface area (Å²) in [6.07, 6.45) is -9.67. The van der Waals surface area contributed by atoms with Crippen molar-refractivity contribution in [3.8, 4) is 0 Å². The number of aliphatic hydroxyl groups excluding tert-OH is 5. The van der Waals surface area contributed by atoms with Crippen molar-refractivity contribution in [2.75, 3.05) is 75.0 Å². The number of benzene rings is 8. The fourth-order valence-electron chi connectivity index (χ4n) is 13.5. The predicted molar refractivity (Wildman–Crippen MR) is 448 cm³/mol. The van der Waals surface area contributed by atoms with Crippen LogP contribution in [0.5, 0.6) is 0 Å². The number of fused-ring (bicyclic) bond motifs is 1. The van der Waals surface area contributed by atoms with Crippen LogP contribution in [0.4, 0.5) is 0 Å². The van der Waals surface area contributed by atoms with Gasteiger partial charge in [-0.05, 0) is 33.4 Å².